The van der Waals surface area contributed by atoms with Crippen molar-refractivity contribution >= 4 is 65.4 Å². The molecule has 0 aliphatic rings. The van der Waals surface area contributed by atoms with E-state index in [1.807, 2.05) is 42.5 Å². The SMILES string of the molecule is [2H]c1c([2H])c([2H])c(-c2cc(-n3c4ccccc4c4ccccc43)cc(-n3c4ccccc4c4cc(-n5c6ccccc6c6ccccc65)ccc43)c2)c([2H])c1[2H]. The van der Waals surface area contributed by atoms with Crippen LogP contribution in [0.4, 0.5) is 0 Å². The summed E-state index contributed by atoms with van der Waals surface area (Å²) in [5.74, 6) is 0. The summed E-state index contributed by atoms with van der Waals surface area (Å²) in [4.78, 5) is 0. The fourth-order valence-corrected chi connectivity index (χ4v) is 8.17. The Bertz CT molecular complexity index is 3310. The summed E-state index contributed by atoms with van der Waals surface area (Å²) < 4.78 is 50.2. The fourth-order valence-electron chi connectivity index (χ4n) is 8.17. The zero-order chi connectivity index (χ0) is 37.8. The van der Waals surface area contributed by atoms with Gasteiger partial charge in [0.25, 0.3) is 0 Å². The predicted octanol–water partition coefficient (Wildman–Crippen LogP) is 12.6. The van der Waals surface area contributed by atoms with Crippen molar-refractivity contribution in [2.75, 3.05) is 0 Å². The highest BCUT2D eigenvalue weighted by Gasteiger charge is 2.19. The summed E-state index contributed by atoms with van der Waals surface area (Å²) in [6.07, 6.45) is 0. The van der Waals surface area contributed by atoms with Crippen LogP contribution in [-0.2, 0) is 0 Å². The summed E-state index contributed by atoms with van der Waals surface area (Å²) in [6.45, 7) is 0. The molecule has 0 saturated carbocycles. The van der Waals surface area contributed by atoms with Gasteiger partial charge in [-0.25, -0.2) is 0 Å². The number of hydrogen-bond donors (Lipinski definition) is 0. The van der Waals surface area contributed by atoms with E-state index in [1.54, 1.807) is 0 Å². The Morgan fingerprint density at radius 3 is 1.12 bits per heavy atom. The molecular weight excluding hydrogens is 619 g/mol. The highest BCUT2D eigenvalue weighted by molar-refractivity contribution is 6.13. The third kappa shape index (κ3) is 4.12. The van der Waals surface area contributed by atoms with E-state index in [2.05, 4.69) is 129 Å². The normalized spacial score (nSPS) is 13.3. The summed E-state index contributed by atoms with van der Waals surface area (Å²) in [5.41, 5.74) is 9.65. The van der Waals surface area contributed by atoms with Crippen molar-refractivity contribution in [3.8, 4) is 28.2 Å². The van der Waals surface area contributed by atoms with Gasteiger partial charge in [-0.05, 0) is 77.9 Å². The molecule has 3 heteroatoms. The van der Waals surface area contributed by atoms with Crippen molar-refractivity contribution in [3.63, 3.8) is 0 Å². The summed E-state index contributed by atoms with van der Waals surface area (Å²) in [6, 6.07) is 53.0. The molecule has 8 aromatic carbocycles. The first-order valence-electron chi connectivity index (χ1n) is 19.6. The number of hydrogen-bond acceptors (Lipinski definition) is 0. The third-order valence-electron chi connectivity index (χ3n) is 10.3. The maximum absolute atomic E-state index is 9.01. The molecule has 0 radical (unpaired) electrons. The number of nitrogens with zero attached hydrogens (tertiary/aromatic N) is 3. The maximum Gasteiger partial charge on any atom is 0.0629 e. The van der Waals surface area contributed by atoms with Gasteiger partial charge < -0.3 is 13.7 Å². The van der Waals surface area contributed by atoms with Crippen LogP contribution >= 0.6 is 0 Å². The third-order valence-corrected chi connectivity index (χ3v) is 10.3. The van der Waals surface area contributed by atoms with Gasteiger partial charge in [-0.1, -0.05) is 121 Å². The van der Waals surface area contributed by atoms with Crippen molar-refractivity contribution in [1.29, 1.82) is 0 Å². The van der Waals surface area contributed by atoms with Crippen LogP contribution in [0, 0.1) is 0 Å². The Kier molecular flexibility index (Phi) is 4.99. The molecule has 3 aromatic heterocycles. The molecule has 0 amide bonds. The number of fused-ring (bicyclic) bond motifs is 9. The van der Waals surface area contributed by atoms with Gasteiger partial charge in [-0.2, -0.15) is 0 Å². The van der Waals surface area contributed by atoms with Crippen LogP contribution in [0.5, 0.6) is 0 Å². The predicted molar refractivity (Wildman–Crippen MR) is 215 cm³/mol. The number of aromatic nitrogens is 3. The topological polar surface area (TPSA) is 14.8 Å². The average Bonchev–Trinajstić information content (AvgIpc) is 3.88. The van der Waals surface area contributed by atoms with Crippen molar-refractivity contribution in [1.82, 2.24) is 13.7 Å². The molecule has 0 spiro atoms. The molecule has 0 aliphatic heterocycles. The lowest BCUT2D eigenvalue weighted by molar-refractivity contribution is 1.13. The fraction of sp³-hybridized carbons (Fsp3) is 0. The minimum Gasteiger partial charge on any atom is -0.309 e. The molecule has 3 nitrogen and oxygen atoms in total. The van der Waals surface area contributed by atoms with Crippen LogP contribution in [0.2, 0.25) is 0 Å². The van der Waals surface area contributed by atoms with Crippen LogP contribution in [0.15, 0.2) is 188 Å². The van der Waals surface area contributed by atoms with Gasteiger partial charge in [0, 0.05) is 49.4 Å². The van der Waals surface area contributed by atoms with Gasteiger partial charge in [0.2, 0.25) is 0 Å². The maximum atomic E-state index is 9.01. The molecule has 3 heterocycles. The molecule has 0 saturated heterocycles. The molecule has 0 aliphatic carbocycles. The zero-order valence-electron chi connectivity index (χ0n) is 32.4. The molecule has 0 N–H and O–H groups in total. The standard InChI is InChI=1S/C48H31N3/c1-2-14-32(15-3-1)33-28-35(50-45-23-11-6-18-39(45)40-19-7-12-24-46(40)50)30-36(29-33)51-47-25-13-8-20-41(47)42-31-34(26-27-48(42)51)49-43-21-9-4-16-37(43)38-17-5-10-22-44(38)49/h1-31H/i1D,2D,3D,14D,15D. The van der Waals surface area contributed by atoms with Gasteiger partial charge in [0.1, 0.15) is 0 Å². The van der Waals surface area contributed by atoms with Crippen LogP contribution < -0.4 is 0 Å². The van der Waals surface area contributed by atoms with E-state index < -0.39 is 6.04 Å². The second-order valence-electron chi connectivity index (χ2n) is 13.0. The van der Waals surface area contributed by atoms with E-state index in [0.29, 0.717) is 5.56 Å². The molecule has 11 rings (SSSR count). The average molecular weight is 655 g/mol. The lowest BCUT2D eigenvalue weighted by Gasteiger charge is -2.16. The van der Waals surface area contributed by atoms with Crippen LogP contribution in [0.25, 0.3) is 93.6 Å². The number of para-hydroxylation sites is 5. The Labute approximate surface area is 301 Å². The van der Waals surface area contributed by atoms with Gasteiger partial charge in [0.15, 0.2) is 0 Å². The molecule has 238 valence electrons. The van der Waals surface area contributed by atoms with Crippen LogP contribution in [-0.4, -0.2) is 13.7 Å². The van der Waals surface area contributed by atoms with Crippen LogP contribution in [0.3, 0.4) is 0 Å². The van der Waals surface area contributed by atoms with E-state index in [9.17, 15) is 0 Å². The lowest BCUT2D eigenvalue weighted by Crippen LogP contribution is -2.00. The Hall–Kier alpha value is -6.84. The van der Waals surface area contributed by atoms with Crippen molar-refractivity contribution in [3.05, 3.63) is 188 Å². The number of rotatable bonds is 4. The minimum absolute atomic E-state index is 0.161. The molecule has 0 fully saturated rings. The molecule has 51 heavy (non-hydrogen) atoms. The second-order valence-corrected chi connectivity index (χ2v) is 13.0. The van der Waals surface area contributed by atoms with Gasteiger partial charge in [-0.15, -0.1) is 0 Å². The Morgan fingerprint density at radius 2 is 0.667 bits per heavy atom. The van der Waals surface area contributed by atoms with Gasteiger partial charge in [0.05, 0.1) is 40.0 Å². The Balaban J connectivity index is 1.23. The van der Waals surface area contributed by atoms with E-state index in [4.69, 9.17) is 6.85 Å². The largest absolute Gasteiger partial charge is 0.309 e. The summed E-state index contributed by atoms with van der Waals surface area (Å²) in [7, 11) is 0. The highest BCUT2D eigenvalue weighted by atomic mass is 15.0. The summed E-state index contributed by atoms with van der Waals surface area (Å²) >= 11 is 0. The smallest absolute Gasteiger partial charge is 0.0629 e. The molecule has 0 atom stereocenters. The van der Waals surface area contributed by atoms with Crippen molar-refractivity contribution in [2.24, 2.45) is 0 Å². The molecular formula is C48H31N3. The van der Waals surface area contributed by atoms with E-state index in [1.165, 1.54) is 10.8 Å². The van der Waals surface area contributed by atoms with Gasteiger partial charge >= 0.3 is 0 Å². The minimum atomic E-state index is -0.413. The number of benzene rings is 8. The van der Waals surface area contributed by atoms with E-state index in [-0.39, 0.29) is 29.7 Å². The van der Waals surface area contributed by atoms with Crippen molar-refractivity contribution in [2.45, 2.75) is 0 Å². The van der Waals surface area contributed by atoms with Crippen LogP contribution in [0.1, 0.15) is 6.85 Å². The first-order chi connectivity index (χ1) is 27.4. The zero-order valence-corrected chi connectivity index (χ0v) is 27.4. The monoisotopic (exact) mass is 654 g/mol. The second kappa shape index (κ2) is 10.8. The quantitative estimate of drug-likeness (QED) is 0.179. The van der Waals surface area contributed by atoms with Crippen molar-refractivity contribution < 1.29 is 6.85 Å². The summed E-state index contributed by atoms with van der Waals surface area (Å²) in [5, 5.41) is 6.77. The van der Waals surface area contributed by atoms with Gasteiger partial charge in [-0.3, -0.25) is 0 Å². The molecule has 11 aromatic rings. The van der Waals surface area contributed by atoms with E-state index >= 15 is 0 Å². The lowest BCUT2D eigenvalue weighted by atomic mass is 10.0. The first-order valence-corrected chi connectivity index (χ1v) is 17.1. The Morgan fingerprint density at radius 1 is 0.294 bits per heavy atom. The first kappa shape index (κ1) is 23.5. The highest BCUT2D eigenvalue weighted by Crippen LogP contribution is 2.39. The van der Waals surface area contributed by atoms with E-state index in [0.717, 1.165) is 71.7 Å². The molecule has 0 unspecified atom stereocenters. The molecule has 0 bridgehead atoms.